The summed E-state index contributed by atoms with van der Waals surface area (Å²) in [7, 11) is 0. The van der Waals surface area contributed by atoms with E-state index in [0.717, 1.165) is 70.6 Å². The molecule has 148 valence electrons. The quantitative estimate of drug-likeness (QED) is 0.880. The maximum absolute atomic E-state index is 14.1. The third-order valence-electron chi connectivity index (χ3n) is 6.62. The fourth-order valence-corrected chi connectivity index (χ4v) is 5.00. The molecule has 3 saturated heterocycles. The van der Waals surface area contributed by atoms with Gasteiger partial charge in [-0.3, -0.25) is 4.90 Å². The van der Waals surface area contributed by atoms with Gasteiger partial charge in [-0.05, 0) is 43.1 Å². The van der Waals surface area contributed by atoms with Crippen molar-refractivity contribution in [3.63, 3.8) is 0 Å². The van der Waals surface area contributed by atoms with Crippen LogP contribution in [0.5, 0.6) is 0 Å². The minimum atomic E-state index is -0.135. The molecule has 2 amide bonds. The highest BCUT2D eigenvalue weighted by atomic mass is 19.1. The van der Waals surface area contributed by atoms with Crippen LogP contribution in [0, 0.1) is 17.2 Å². The first kappa shape index (κ1) is 18.7. The molecule has 5 nitrogen and oxygen atoms in total. The number of nitrogens with zero attached hydrogens (tertiary/aromatic N) is 2. The lowest BCUT2D eigenvalue weighted by Gasteiger charge is -2.38. The van der Waals surface area contributed by atoms with Gasteiger partial charge in [0.05, 0.1) is 0 Å². The SMILES string of the molecule is O=C(NCC1CN(Cc2ccccc2F)CC12CCOCC2)N1CCCC1. The number of hydrogen-bond donors (Lipinski definition) is 1. The maximum Gasteiger partial charge on any atom is 0.317 e. The second kappa shape index (κ2) is 8.15. The molecular formula is C21H30FN3O2. The molecule has 1 aromatic rings. The largest absolute Gasteiger partial charge is 0.381 e. The van der Waals surface area contributed by atoms with Crippen molar-refractivity contribution in [1.82, 2.24) is 15.1 Å². The molecular weight excluding hydrogens is 345 g/mol. The molecule has 1 unspecified atom stereocenters. The first-order valence-electron chi connectivity index (χ1n) is 10.2. The summed E-state index contributed by atoms with van der Waals surface area (Å²) in [6.45, 7) is 6.48. The molecule has 1 aromatic carbocycles. The van der Waals surface area contributed by atoms with Crippen LogP contribution in [-0.2, 0) is 11.3 Å². The number of amides is 2. The van der Waals surface area contributed by atoms with Crippen LogP contribution < -0.4 is 5.32 Å². The lowest BCUT2D eigenvalue weighted by atomic mass is 9.72. The Kier molecular flexibility index (Phi) is 5.64. The van der Waals surface area contributed by atoms with Crippen LogP contribution in [0.15, 0.2) is 24.3 Å². The molecule has 27 heavy (non-hydrogen) atoms. The van der Waals surface area contributed by atoms with Gasteiger partial charge in [0.2, 0.25) is 0 Å². The summed E-state index contributed by atoms with van der Waals surface area (Å²) in [6, 6.07) is 7.10. The van der Waals surface area contributed by atoms with E-state index in [1.807, 2.05) is 17.0 Å². The molecule has 0 aliphatic carbocycles. The second-order valence-electron chi connectivity index (χ2n) is 8.31. The van der Waals surface area contributed by atoms with Crippen molar-refractivity contribution >= 4 is 6.03 Å². The molecule has 3 fully saturated rings. The summed E-state index contributed by atoms with van der Waals surface area (Å²) in [4.78, 5) is 16.7. The summed E-state index contributed by atoms with van der Waals surface area (Å²) in [5.74, 6) is 0.254. The summed E-state index contributed by atoms with van der Waals surface area (Å²) in [5.41, 5.74) is 0.920. The van der Waals surface area contributed by atoms with Crippen molar-refractivity contribution in [2.24, 2.45) is 11.3 Å². The molecule has 0 radical (unpaired) electrons. The molecule has 3 heterocycles. The Morgan fingerprint density at radius 3 is 2.70 bits per heavy atom. The highest BCUT2D eigenvalue weighted by Crippen LogP contribution is 2.44. The van der Waals surface area contributed by atoms with E-state index in [-0.39, 0.29) is 17.3 Å². The number of hydrogen-bond acceptors (Lipinski definition) is 3. The molecule has 0 bridgehead atoms. The number of carbonyl (C=O) groups is 1. The van der Waals surface area contributed by atoms with Crippen LogP contribution in [0.25, 0.3) is 0 Å². The Balaban J connectivity index is 1.41. The number of benzene rings is 1. The predicted octanol–water partition coefficient (Wildman–Crippen LogP) is 2.86. The van der Waals surface area contributed by atoms with Gasteiger partial charge in [0.1, 0.15) is 5.82 Å². The second-order valence-corrected chi connectivity index (χ2v) is 8.31. The highest BCUT2D eigenvalue weighted by Gasteiger charge is 2.47. The lowest BCUT2D eigenvalue weighted by Crippen LogP contribution is -2.45. The monoisotopic (exact) mass is 375 g/mol. The number of ether oxygens (including phenoxy) is 1. The van der Waals surface area contributed by atoms with E-state index in [4.69, 9.17) is 4.74 Å². The Labute approximate surface area is 160 Å². The number of rotatable bonds is 4. The summed E-state index contributed by atoms with van der Waals surface area (Å²) in [5, 5.41) is 3.18. The number of nitrogens with one attached hydrogen (secondary N) is 1. The van der Waals surface area contributed by atoms with Gasteiger partial charge in [0, 0.05) is 58.0 Å². The Bertz CT molecular complexity index is 657. The topological polar surface area (TPSA) is 44.8 Å². The van der Waals surface area contributed by atoms with Crippen molar-refractivity contribution in [2.75, 3.05) is 45.9 Å². The van der Waals surface area contributed by atoms with Crippen molar-refractivity contribution < 1.29 is 13.9 Å². The third-order valence-corrected chi connectivity index (χ3v) is 6.62. The van der Waals surface area contributed by atoms with E-state index < -0.39 is 0 Å². The fraction of sp³-hybridized carbons (Fsp3) is 0.667. The van der Waals surface area contributed by atoms with Gasteiger partial charge in [0.25, 0.3) is 0 Å². The number of carbonyl (C=O) groups excluding carboxylic acids is 1. The zero-order valence-corrected chi connectivity index (χ0v) is 16.0. The van der Waals surface area contributed by atoms with E-state index in [2.05, 4.69) is 10.2 Å². The fourth-order valence-electron chi connectivity index (χ4n) is 5.00. The van der Waals surface area contributed by atoms with Crippen LogP contribution in [0.1, 0.15) is 31.2 Å². The first-order valence-corrected chi connectivity index (χ1v) is 10.2. The van der Waals surface area contributed by atoms with Crippen LogP contribution in [0.4, 0.5) is 9.18 Å². The van der Waals surface area contributed by atoms with E-state index in [1.54, 1.807) is 6.07 Å². The maximum atomic E-state index is 14.1. The lowest BCUT2D eigenvalue weighted by molar-refractivity contribution is -0.000105. The first-order chi connectivity index (χ1) is 13.2. The number of halogens is 1. The van der Waals surface area contributed by atoms with E-state index in [1.165, 1.54) is 6.07 Å². The van der Waals surface area contributed by atoms with Gasteiger partial charge in [-0.2, -0.15) is 0 Å². The molecule has 0 saturated carbocycles. The molecule has 4 rings (SSSR count). The normalized spacial score (nSPS) is 25.2. The van der Waals surface area contributed by atoms with Gasteiger partial charge in [-0.1, -0.05) is 18.2 Å². The Morgan fingerprint density at radius 2 is 1.96 bits per heavy atom. The molecule has 3 aliphatic rings. The standard InChI is InChI=1S/C21H30FN3O2/c22-19-6-2-1-5-17(19)14-24-15-18(21(16-24)7-11-27-12-8-21)13-23-20(26)25-9-3-4-10-25/h1-2,5-6,18H,3-4,7-16H2,(H,23,26). The summed E-state index contributed by atoms with van der Waals surface area (Å²) >= 11 is 0. The van der Waals surface area contributed by atoms with E-state index >= 15 is 0 Å². The zero-order chi connectivity index (χ0) is 18.7. The van der Waals surface area contributed by atoms with Gasteiger partial charge in [0.15, 0.2) is 0 Å². The average Bonchev–Trinajstić information content (AvgIpc) is 3.31. The van der Waals surface area contributed by atoms with Crippen molar-refractivity contribution in [2.45, 2.75) is 32.2 Å². The van der Waals surface area contributed by atoms with E-state index in [9.17, 15) is 9.18 Å². The molecule has 0 aromatic heterocycles. The van der Waals surface area contributed by atoms with Crippen LogP contribution in [0.2, 0.25) is 0 Å². The van der Waals surface area contributed by atoms with Gasteiger partial charge >= 0.3 is 6.03 Å². The van der Waals surface area contributed by atoms with Crippen molar-refractivity contribution in [3.05, 3.63) is 35.6 Å². The molecule has 6 heteroatoms. The minimum absolute atomic E-state index is 0.0715. The van der Waals surface area contributed by atoms with E-state index in [0.29, 0.717) is 19.0 Å². The van der Waals surface area contributed by atoms with Crippen LogP contribution in [-0.4, -0.2) is 61.8 Å². The van der Waals surface area contributed by atoms with Gasteiger partial charge in [-0.25, -0.2) is 9.18 Å². The van der Waals surface area contributed by atoms with Gasteiger partial charge < -0.3 is 15.0 Å². The average molecular weight is 375 g/mol. The van der Waals surface area contributed by atoms with Crippen molar-refractivity contribution in [3.8, 4) is 0 Å². The highest BCUT2D eigenvalue weighted by molar-refractivity contribution is 5.74. The molecule has 3 aliphatic heterocycles. The van der Waals surface area contributed by atoms with Gasteiger partial charge in [-0.15, -0.1) is 0 Å². The van der Waals surface area contributed by atoms with Crippen molar-refractivity contribution in [1.29, 1.82) is 0 Å². The predicted molar refractivity (Wildman–Crippen MR) is 102 cm³/mol. The zero-order valence-electron chi connectivity index (χ0n) is 16.0. The Hall–Kier alpha value is -1.66. The molecule has 1 atom stereocenters. The molecule has 1 spiro atoms. The number of likely N-dealkylation sites (tertiary alicyclic amines) is 2. The minimum Gasteiger partial charge on any atom is -0.381 e. The smallest absolute Gasteiger partial charge is 0.317 e. The third kappa shape index (κ3) is 4.11. The molecule has 1 N–H and O–H groups in total. The number of urea groups is 1. The van der Waals surface area contributed by atoms with Crippen LogP contribution in [0.3, 0.4) is 0 Å². The Morgan fingerprint density at radius 1 is 1.22 bits per heavy atom. The van der Waals surface area contributed by atoms with Crippen LogP contribution >= 0.6 is 0 Å². The summed E-state index contributed by atoms with van der Waals surface area (Å²) < 4.78 is 19.7. The summed E-state index contributed by atoms with van der Waals surface area (Å²) in [6.07, 6.45) is 4.25.